The number of likely N-dealkylation sites (tertiary alicyclic amines) is 1. The molecule has 0 spiro atoms. The van der Waals surface area contributed by atoms with Crippen molar-refractivity contribution in [2.45, 2.75) is 31.5 Å². The fourth-order valence-electron chi connectivity index (χ4n) is 4.14. The van der Waals surface area contributed by atoms with E-state index in [9.17, 15) is 9.90 Å². The van der Waals surface area contributed by atoms with Gasteiger partial charge in [-0.2, -0.15) is 0 Å². The molecule has 0 bridgehead atoms. The molecule has 0 radical (unpaired) electrons. The van der Waals surface area contributed by atoms with Crippen molar-refractivity contribution in [1.82, 2.24) is 14.8 Å². The van der Waals surface area contributed by atoms with Crippen LogP contribution in [-0.2, 0) is 13.0 Å². The molecular formula is C21H25N3O3. The number of nitrogens with zero attached hydrogens (tertiary/aromatic N) is 3. The van der Waals surface area contributed by atoms with Crippen LogP contribution in [0.5, 0.6) is 5.88 Å². The highest BCUT2D eigenvalue weighted by atomic mass is 16.5. The minimum atomic E-state index is -0.557. The van der Waals surface area contributed by atoms with Crippen LogP contribution in [0.4, 0.5) is 0 Å². The molecule has 2 aromatic rings. The Labute approximate surface area is 159 Å². The molecule has 4 rings (SSSR count). The van der Waals surface area contributed by atoms with Gasteiger partial charge in [-0.15, -0.1) is 0 Å². The quantitative estimate of drug-likeness (QED) is 0.895. The number of β-amino-alcohol motifs (C(OH)–C–C–N with tert-alkyl or cyclic N) is 1. The van der Waals surface area contributed by atoms with Gasteiger partial charge in [0.05, 0.1) is 13.2 Å². The monoisotopic (exact) mass is 367 g/mol. The molecular weight excluding hydrogens is 342 g/mol. The summed E-state index contributed by atoms with van der Waals surface area (Å²) in [5, 5.41) is 10.8. The second kappa shape index (κ2) is 7.66. The van der Waals surface area contributed by atoms with E-state index in [1.54, 1.807) is 23.1 Å². The fourth-order valence-corrected chi connectivity index (χ4v) is 4.14. The van der Waals surface area contributed by atoms with Gasteiger partial charge in [-0.1, -0.05) is 30.3 Å². The first-order chi connectivity index (χ1) is 13.2. The maximum absolute atomic E-state index is 12.7. The number of hydrogen-bond donors (Lipinski definition) is 1. The largest absolute Gasteiger partial charge is 0.481 e. The topological polar surface area (TPSA) is 65.9 Å². The third-order valence-corrected chi connectivity index (χ3v) is 5.61. The number of aliphatic hydroxyl groups excluding tert-OH is 1. The number of methoxy groups -OCH3 is 1. The Morgan fingerprint density at radius 2 is 1.96 bits per heavy atom. The maximum Gasteiger partial charge on any atom is 0.272 e. The van der Waals surface area contributed by atoms with Gasteiger partial charge in [0.1, 0.15) is 5.69 Å². The van der Waals surface area contributed by atoms with Crippen molar-refractivity contribution < 1.29 is 14.6 Å². The number of carbonyl (C=O) groups is 1. The normalized spacial score (nSPS) is 23.0. The highest BCUT2D eigenvalue weighted by molar-refractivity contribution is 5.92. The Hall–Kier alpha value is -2.44. The van der Waals surface area contributed by atoms with Crippen LogP contribution < -0.4 is 4.74 Å². The molecule has 2 aliphatic rings. The number of carbonyl (C=O) groups excluding carboxylic acids is 1. The molecule has 2 aliphatic heterocycles. The smallest absolute Gasteiger partial charge is 0.272 e. The minimum absolute atomic E-state index is 0.0840. The van der Waals surface area contributed by atoms with Gasteiger partial charge < -0.3 is 14.7 Å². The Balaban J connectivity index is 1.41. The molecule has 142 valence electrons. The van der Waals surface area contributed by atoms with E-state index in [2.05, 4.69) is 34.1 Å². The molecule has 6 heteroatoms. The van der Waals surface area contributed by atoms with E-state index in [1.807, 2.05) is 0 Å². The molecule has 2 atom stereocenters. The van der Waals surface area contributed by atoms with E-state index in [0.717, 1.165) is 25.9 Å². The SMILES string of the molecule is COc1cccc(C(=O)N2CC[C@@H](N3CCc4ccccc4C3)[C@H](O)C2)n1. The van der Waals surface area contributed by atoms with Crippen molar-refractivity contribution in [3.8, 4) is 5.88 Å². The van der Waals surface area contributed by atoms with E-state index < -0.39 is 6.10 Å². The molecule has 1 aromatic carbocycles. The second-order valence-corrected chi connectivity index (χ2v) is 7.23. The number of ether oxygens (including phenoxy) is 1. The fraction of sp³-hybridized carbons (Fsp3) is 0.429. The maximum atomic E-state index is 12.7. The van der Waals surface area contributed by atoms with Gasteiger partial charge in [0.25, 0.3) is 5.91 Å². The molecule has 0 aliphatic carbocycles. The number of rotatable bonds is 3. The summed E-state index contributed by atoms with van der Waals surface area (Å²) in [7, 11) is 1.53. The molecule has 27 heavy (non-hydrogen) atoms. The molecule has 1 aromatic heterocycles. The van der Waals surface area contributed by atoms with Gasteiger partial charge in [-0.05, 0) is 30.0 Å². The zero-order chi connectivity index (χ0) is 18.8. The van der Waals surface area contributed by atoms with Gasteiger partial charge in [0.2, 0.25) is 5.88 Å². The summed E-state index contributed by atoms with van der Waals surface area (Å²) >= 11 is 0. The van der Waals surface area contributed by atoms with Crippen LogP contribution in [0.2, 0.25) is 0 Å². The molecule has 3 heterocycles. The summed E-state index contributed by atoms with van der Waals surface area (Å²) in [6.07, 6.45) is 1.22. The number of hydrogen-bond acceptors (Lipinski definition) is 5. The Morgan fingerprint density at radius 3 is 2.74 bits per heavy atom. The predicted molar refractivity (Wildman–Crippen MR) is 102 cm³/mol. The Bertz CT molecular complexity index is 826. The lowest BCUT2D eigenvalue weighted by Gasteiger charge is -2.43. The van der Waals surface area contributed by atoms with E-state index in [0.29, 0.717) is 24.7 Å². The minimum Gasteiger partial charge on any atom is -0.481 e. The number of piperidine rings is 1. The number of aromatic nitrogens is 1. The predicted octanol–water partition coefficient (Wildman–Crippen LogP) is 1.72. The van der Waals surface area contributed by atoms with Crippen LogP contribution in [0.3, 0.4) is 0 Å². The lowest BCUT2D eigenvalue weighted by Crippen LogP contribution is -2.56. The number of pyridine rings is 1. The third-order valence-electron chi connectivity index (χ3n) is 5.61. The van der Waals surface area contributed by atoms with Crippen molar-refractivity contribution in [3.05, 3.63) is 59.3 Å². The summed E-state index contributed by atoms with van der Waals surface area (Å²) < 4.78 is 5.10. The summed E-state index contributed by atoms with van der Waals surface area (Å²) in [6.45, 7) is 2.77. The lowest BCUT2D eigenvalue weighted by molar-refractivity contribution is -0.0139. The number of aliphatic hydroxyl groups is 1. The summed E-state index contributed by atoms with van der Waals surface area (Å²) in [4.78, 5) is 21.0. The van der Waals surface area contributed by atoms with Gasteiger partial charge in [0.15, 0.2) is 0 Å². The number of fused-ring (bicyclic) bond motifs is 1. The van der Waals surface area contributed by atoms with E-state index in [4.69, 9.17) is 4.74 Å². The zero-order valence-corrected chi connectivity index (χ0v) is 15.5. The van der Waals surface area contributed by atoms with Crippen LogP contribution in [0, 0.1) is 0 Å². The first-order valence-corrected chi connectivity index (χ1v) is 9.45. The van der Waals surface area contributed by atoms with Crippen LogP contribution in [0.25, 0.3) is 0 Å². The van der Waals surface area contributed by atoms with Gasteiger partial charge >= 0.3 is 0 Å². The highest BCUT2D eigenvalue weighted by Crippen LogP contribution is 2.25. The standard InChI is InChI=1S/C21H25N3O3/c1-27-20-8-4-7-17(22-20)21(26)24-12-10-18(19(25)14-24)23-11-9-15-5-2-3-6-16(15)13-23/h2-8,18-19,25H,9-14H2,1H3/t18-,19-/m1/s1. The van der Waals surface area contributed by atoms with Crippen molar-refractivity contribution in [3.63, 3.8) is 0 Å². The van der Waals surface area contributed by atoms with Crippen molar-refractivity contribution in [2.75, 3.05) is 26.7 Å². The number of amides is 1. The molecule has 1 amide bonds. The third kappa shape index (κ3) is 3.68. The van der Waals surface area contributed by atoms with Crippen molar-refractivity contribution >= 4 is 5.91 Å². The van der Waals surface area contributed by atoms with Crippen LogP contribution in [0.15, 0.2) is 42.5 Å². The zero-order valence-electron chi connectivity index (χ0n) is 15.5. The van der Waals surface area contributed by atoms with E-state index in [1.165, 1.54) is 18.2 Å². The number of benzene rings is 1. The van der Waals surface area contributed by atoms with Crippen LogP contribution in [0.1, 0.15) is 28.0 Å². The summed E-state index contributed by atoms with van der Waals surface area (Å²) in [5.74, 6) is 0.263. The Kier molecular flexibility index (Phi) is 5.09. The lowest BCUT2D eigenvalue weighted by atomic mass is 9.94. The first kappa shape index (κ1) is 17.9. The summed E-state index contributed by atoms with van der Waals surface area (Å²) in [5.41, 5.74) is 3.10. The van der Waals surface area contributed by atoms with Gasteiger partial charge in [0, 0.05) is 38.3 Å². The van der Waals surface area contributed by atoms with Gasteiger partial charge in [-0.25, -0.2) is 4.98 Å². The van der Waals surface area contributed by atoms with Crippen molar-refractivity contribution in [1.29, 1.82) is 0 Å². The average Bonchev–Trinajstić information content (AvgIpc) is 2.72. The molecule has 1 N–H and O–H groups in total. The Morgan fingerprint density at radius 1 is 1.15 bits per heavy atom. The van der Waals surface area contributed by atoms with E-state index in [-0.39, 0.29) is 11.9 Å². The van der Waals surface area contributed by atoms with Gasteiger partial charge in [-0.3, -0.25) is 9.69 Å². The van der Waals surface area contributed by atoms with Crippen LogP contribution in [-0.4, -0.2) is 64.7 Å². The second-order valence-electron chi connectivity index (χ2n) is 7.23. The van der Waals surface area contributed by atoms with E-state index >= 15 is 0 Å². The first-order valence-electron chi connectivity index (χ1n) is 9.45. The molecule has 6 nitrogen and oxygen atoms in total. The van der Waals surface area contributed by atoms with Crippen molar-refractivity contribution in [2.24, 2.45) is 0 Å². The highest BCUT2D eigenvalue weighted by Gasteiger charge is 2.35. The molecule has 1 saturated heterocycles. The molecule has 0 saturated carbocycles. The van der Waals surface area contributed by atoms with Crippen LogP contribution >= 0.6 is 0 Å². The average molecular weight is 367 g/mol. The molecule has 1 fully saturated rings. The molecule has 0 unspecified atom stereocenters. The summed E-state index contributed by atoms with van der Waals surface area (Å²) in [6, 6.07) is 13.7.